The molecule has 0 saturated heterocycles. The molecule has 1 nitrogen and oxygen atoms in total. The molecule has 1 aromatic rings. The second-order valence-electron chi connectivity index (χ2n) is 4.69. The largest absolute Gasteiger partial charge is 0.330 e. The van der Waals surface area contributed by atoms with Crippen LogP contribution >= 0.6 is 11.3 Å². The predicted octanol–water partition coefficient (Wildman–Crippen LogP) is 3.76. The summed E-state index contributed by atoms with van der Waals surface area (Å²) in [6, 6.07) is 4.38. The molecule has 0 amide bonds. The van der Waals surface area contributed by atoms with Gasteiger partial charge in [0.1, 0.15) is 0 Å². The molecule has 0 aromatic carbocycles. The second-order valence-corrected chi connectivity index (χ2v) is 5.67. The van der Waals surface area contributed by atoms with E-state index in [1.165, 1.54) is 43.4 Å². The van der Waals surface area contributed by atoms with Gasteiger partial charge in [-0.05, 0) is 30.3 Å². The summed E-state index contributed by atoms with van der Waals surface area (Å²) >= 11 is 1.86. The van der Waals surface area contributed by atoms with Gasteiger partial charge in [-0.2, -0.15) is 0 Å². The fourth-order valence-electron chi connectivity index (χ4n) is 2.68. The highest BCUT2D eigenvalue weighted by atomic mass is 32.1. The minimum Gasteiger partial charge on any atom is -0.330 e. The first kappa shape index (κ1) is 11.2. The maximum absolute atomic E-state index is 5.89. The average Bonchev–Trinajstić information content (AvgIpc) is 2.81. The van der Waals surface area contributed by atoms with E-state index in [0.717, 1.165) is 12.5 Å². The van der Waals surface area contributed by atoms with Gasteiger partial charge in [0.15, 0.2) is 0 Å². The molecule has 1 fully saturated rings. The van der Waals surface area contributed by atoms with E-state index in [0.29, 0.717) is 5.92 Å². The lowest BCUT2D eigenvalue weighted by atomic mass is 9.82. The Hall–Kier alpha value is -0.340. The van der Waals surface area contributed by atoms with E-state index in [4.69, 9.17) is 5.73 Å². The topological polar surface area (TPSA) is 26.0 Å². The summed E-state index contributed by atoms with van der Waals surface area (Å²) in [6.45, 7) is 0.816. The van der Waals surface area contributed by atoms with Gasteiger partial charge < -0.3 is 5.73 Å². The highest BCUT2D eigenvalue weighted by molar-refractivity contribution is 7.10. The average molecular weight is 223 g/mol. The third-order valence-corrected chi connectivity index (χ3v) is 4.61. The molecule has 2 N–H and O–H groups in total. The molecule has 1 atom stereocenters. The Morgan fingerprint density at radius 2 is 2.13 bits per heavy atom. The van der Waals surface area contributed by atoms with Gasteiger partial charge in [0.05, 0.1) is 0 Å². The molecule has 15 heavy (non-hydrogen) atoms. The van der Waals surface area contributed by atoms with Gasteiger partial charge in [-0.1, -0.05) is 38.2 Å². The van der Waals surface area contributed by atoms with Crippen molar-refractivity contribution in [2.75, 3.05) is 6.54 Å². The van der Waals surface area contributed by atoms with Gasteiger partial charge >= 0.3 is 0 Å². The zero-order chi connectivity index (χ0) is 10.5. The Labute approximate surface area is 96.7 Å². The molecule has 1 unspecified atom stereocenters. The molecule has 1 aliphatic carbocycles. The van der Waals surface area contributed by atoms with Crippen LogP contribution in [0.1, 0.15) is 49.3 Å². The van der Waals surface area contributed by atoms with Gasteiger partial charge in [0, 0.05) is 10.8 Å². The Morgan fingerprint density at radius 1 is 1.33 bits per heavy atom. The van der Waals surface area contributed by atoms with Crippen molar-refractivity contribution < 1.29 is 0 Å². The highest BCUT2D eigenvalue weighted by Crippen LogP contribution is 2.33. The number of rotatable bonds is 4. The SMILES string of the molecule is NCC(CC1CCCCC1)c1cccs1. The van der Waals surface area contributed by atoms with E-state index >= 15 is 0 Å². The van der Waals surface area contributed by atoms with Crippen LogP contribution < -0.4 is 5.73 Å². The summed E-state index contributed by atoms with van der Waals surface area (Å²) in [4.78, 5) is 1.49. The molecule has 84 valence electrons. The van der Waals surface area contributed by atoms with Crippen molar-refractivity contribution >= 4 is 11.3 Å². The zero-order valence-electron chi connectivity index (χ0n) is 9.32. The van der Waals surface area contributed by atoms with Crippen molar-refractivity contribution in [1.82, 2.24) is 0 Å². The fourth-order valence-corrected chi connectivity index (χ4v) is 3.53. The van der Waals surface area contributed by atoms with Crippen molar-refractivity contribution in [3.63, 3.8) is 0 Å². The maximum atomic E-state index is 5.89. The molecule has 1 heterocycles. The Kier molecular flexibility index (Phi) is 4.21. The van der Waals surface area contributed by atoms with E-state index < -0.39 is 0 Å². The van der Waals surface area contributed by atoms with Crippen molar-refractivity contribution in [3.05, 3.63) is 22.4 Å². The van der Waals surface area contributed by atoms with E-state index in [1.54, 1.807) is 0 Å². The van der Waals surface area contributed by atoms with Crippen molar-refractivity contribution in [3.8, 4) is 0 Å². The first-order chi connectivity index (χ1) is 7.40. The summed E-state index contributed by atoms with van der Waals surface area (Å²) in [5.41, 5.74) is 5.89. The Morgan fingerprint density at radius 3 is 2.73 bits per heavy atom. The number of hydrogen-bond donors (Lipinski definition) is 1. The van der Waals surface area contributed by atoms with Crippen LogP contribution in [0.15, 0.2) is 17.5 Å². The van der Waals surface area contributed by atoms with Crippen LogP contribution in [0.5, 0.6) is 0 Å². The summed E-state index contributed by atoms with van der Waals surface area (Å²) < 4.78 is 0. The summed E-state index contributed by atoms with van der Waals surface area (Å²) in [6.07, 6.45) is 8.50. The van der Waals surface area contributed by atoms with Crippen LogP contribution in [-0.2, 0) is 0 Å². The highest BCUT2D eigenvalue weighted by Gasteiger charge is 2.19. The van der Waals surface area contributed by atoms with Crippen molar-refractivity contribution in [2.24, 2.45) is 11.7 Å². The van der Waals surface area contributed by atoms with Crippen LogP contribution in [-0.4, -0.2) is 6.54 Å². The summed E-state index contributed by atoms with van der Waals surface area (Å²) in [5.74, 6) is 1.56. The van der Waals surface area contributed by atoms with Crippen molar-refractivity contribution in [1.29, 1.82) is 0 Å². The van der Waals surface area contributed by atoms with Gasteiger partial charge in [-0.3, -0.25) is 0 Å². The number of hydrogen-bond acceptors (Lipinski definition) is 2. The molecule has 1 aromatic heterocycles. The molecule has 0 aliphatic heterocycles. The second kappa shape index (κ2) is 5.66. The molecular weight excluding hydrogens is 202 g/mol. The minimum atomic E-state index is 0.619. The number of nitrogens with two attached hydrogens (primary N) is 1. The molecule has 0 bridgehead atoms. The van der Waals surface area contributed by atoms with Crippen LogP contribution in [0, 0.1) is 5.92 Å². The van der Waals surface area contributed by atoms with Crippen LogP contribution in [0.25, 0.3) is 0 Å². The minimum absolute atomic E-state index is 0.619. The summed E-state index contributed by atoms with van der Waals surface area (Å²) in [5, 5.41) is 2.17. The van der Waals surface area contributed by atoms with Gasteiger partial charge in [-0.25, -0.2) is 0 Å². The predicted molar refractivity (Wildman–Crippen MR) is 67.3 cm³/mol. The molecule has 2 heteroatoms. The standard InChI is InChI=1S/C13H21NS/c14-10-12(13-7-4-8-15-13)9-11-5-2-1-3-6-11/h4,7-8,11-12H,1-3,5-6,9-10,14H2. The first-order valence-electron chi connectivity index (χ1n) is 6.13. The quantitative estimate of drug-likeness (QED) is 0.826. The molecule has 0 radical (unpaired) electrons. The van der Waals surface area contributed by atoms with E-state index in [2.05, 4.69) is 17.5 Å². The summed E-state index contributed by atoms with van der Waals surface area (Å²) in [7, 11) is 0. The monoisotopic (exact) mass is 223 g/mol. The molecule has 2 rings (SSSR count). The molecule has 0 spiro atoms. The zero-order valence-corrected chi connectivity index (χ0v) is 10.1. The normalized spacial score (nSPS) is 20.3. The molecule has 1 aliphatic rings. The van der Waals surface area contributed by atoms with E-state index in [9.17, 15) is 0 Å². The van der Waals surface area contributed by atoms with E-state index in [1.807, 2.05) is 11.3 Å². The van der Waals surface area contributed by atoms with Gasteiger partial charge in [-0.15, -0.1) is 11.3 Å². The van der Waals surface area contributed by atoms with Crippen LogP contribution in [0.4, 0.5) is 0 Å². The lowest BCUT2D eigenvalue weighted by molar-refractivity contribution is 0.320. The molecule has 1 saturated carbocycles. The van der Waals surface area contributed by atoms with Gasteiger partial charge in [0.2, 0.25) is 0 Å². The van der Waals surface area contributed by atoms with Crippen molar-refractivity contribution in [2.45, 2.75) is 44.4 Å². The smallest absolute Gasteiger partial charge is 0.00888 e. The Balaban J connectivity index is 1.90. The fraction of sp³-hybridized carbons (Fsp3) is 0.692. The van der Waals surface area contributed by atoms with Crippen LogP contribution in [0.2, 0.25) is 0 Å². The third-order valence-electron chi connectivity index (χ3n) is 3.57. The molecular formula is C13H21NS. The third kappa shape index (κ3) is 3.05. The number of thiophene rings is 1. The first-order valence-corrected chi connectivity index (χ1v) is 7.01. The Bertz CT molecular complexity index is 262. The van der Waals surface area contributed by atoms with Gasteiger partial charge in [0.25, 0.3) is 0 Å². The lowest BCUT2D eigenvalue weighted by Crippen LogP contribution is -2.17. The van der Waals surface area contributed by atoms with Crippen LogP contribution in [0.3, 0.4) is 0 Å². The lowest BCUT2D eigenvalue weighted by Gasteiger charge is -2.25. The maximum Gasteiger partial charge on any atom is 0.00888 e. The van der Waals surface area contributed by atoms with E-state index in [-0.39, 0.29) is 0 Å².